The molecule has 1 atom stereocenters. The Bertz CT molecular complexity index is 868. The fraction of sp³-hybridized carbons (Fsp3) is 0.316. The van der Waals surface area contributed by atoms with Gasteiger partial charge in [-0.05, 0) is 36.4 Å². The lowest BCUT2D eigenvalue weighted by Gasteiger charge is -2.13. The maximum absolute atomic E-state index is 12.2. The Morgan fingerprint density at radius 1 is 1.14 bits per heavy atom. The number of halogens is 1. The minimum Gasteiger partial charge on any atom is -0.456 e. The lowest BCUT2D eigenvalue weighted by molar-refractivity contribution is -0.118. The molecule has 1 amide bonds. The predicted molar refractivity (Wildman–Crippen MR) is 111 cm³/mol. The predicted octanol–water partition coefficient (Wildman–Crippen LogP) is 3.00. The van der Waals surface area contributed by atoms with Gasteiger partial charge in [-0.1, -0.05) is 19.1 Å². The number of methoxy groups -OCH3 is 1. The largest absolute Gasteiger partial charge is 0.456 e. The molecule has 0 aliphatic rings. The molecular formula is C19H25ClN2O5S. The number of ether oxygens (including phenoxy) is 2. The maximum Gasteiger partial charge on any atom is 0.227 e. The molecule has 0 fully saturated rings. The summed E-state index contributed by atoms with van der Waals surface area (Å²) in [5, 5.41) is 2.75. The molecule has 2 aromatic carbocycles. The zero-order chi connectivity index (χ0) is 19.9. The van der Waals surface area contributed by atoms with E-state index in [1.54, 1.807) is 49.4 Å². The quantitative estimate of drug-likeness (QED) is 0.635. The van der Waals surface area contributed by atoms with E-state index in [1.807, 2.05) is 0 Å². The zero-order valence-electron chi connectivity index (χ0n) is 15.8. The highest BCUT2D eigenvalue weighted by atomic mass is 35.5. The topological polar surface area (TPSA) is 108 Å². The normalized spacial score (nSPS) is 12.0. The van der Waals surface area contributed by atoms with Gasteiger partial charge in [-0.15, -0.1) is 12.4 Å². The molecule has 0 aliphatic heterocycles. The third-order valence-electron chi connectivity index (χ3n) is 3.94. The first-order valence-corrected chi connectivity index (χ1v) is 10.2. The van der Waals surface area contributed by atoms with Crippen LogP contribution in [0.15, 0.2) is 53.4 Å². The zero-order valence-corrected chi connectivity index (χ0v) is 17.4. The standard InChI is InChI=1S/C19H24N2O5S.ClH/c1-3-27(23,24)18-7-5-4-6-17(18)26-15-10-8-14(9-11-15)21-19(22)12-16(13-20)25-2;/h4-11,16H,3,12-13,20H2,1-2H3,(H,21,22);1H. The molecule has 2 aromatic rings. The number of nitrogens with one attached hydrogen (secondary N) is 1. The van der Waals surface area contributed by atoms with E-state index in [-0.39, 0.29) is 53.8 Å². The molecule has 28 heavy (non-hydrogen) atoms. The number of amides is 1. The SMILES string of the molecule is CCS(=O)(=O)c1ccccc1Oc1ccc(NC(=O)CC(CN)OC)cc1.Cl. The molecule has 0 bridgehead atoms. The maximum atomic E-state index is 12.2. The van der Waals surface area contributed by atoms with Crippen LogP contribution in [0.2, 0.25) is 0 Å². The Kier molecular flexibility index (Phi) is 9.40. The number of carbonyl (C=O) groups is 1. The molecule has 2 rings (SSSR count). The second-order valence-corrected chi connectivity index (χ2v) is 8.07. The summed E-state index contributed by atoms with van der Waals surface area (Å²) in [7, 11) is -1.89. The average molecular weight is 429 g/mol. The van der Waals surface area contributed by atoms with Crippen molar-refractivity contribution in [2.24, 2.45) is 5.73 Å². The lowest BCUT2D eigenvalue weighted by Crippen LogP contribution is -2.28. The number of benzene rings is 2. The van der Waals surface area contributed by atoms with E-state index < -0.39 is 9.84 Å². The van der Waals surface area contributed by atoms with E-state index in [9.17, 15) is 13.2 Å². The molecule has 0 saturated heterocycles. The minimum absolute atomic E-state index is 0. The monoisotopic (exact) mass is 428 g/mol. The van der Waals surface area contributed by atoms with Gasteiger partial charge in [-0.25, -0.2) is 8.42 Å². The third kappa shape index (κ3) is 6.49. The van der Waals surface area contributed by atoms with Crippen molar-refractivity contribution in [3.63, 3.8) is 0 Å². The molecule has 1 unspecified atom stereocenters. The van der Waals surface area contributed by atoms with Crippen molar-refractivity contribution in [1.82, 2.24) is 0 Å². The third-order valence-corrected chi connectivity index (χ3v) is 5.71. The Balaban J connectivity index is 0.00000392. The van der Waals surface area contributed by atoms with Gasteiger partial charge in [-0.3, -0.25) is 4.79 Å². The van der Waals surface area contributed by atoms with E-state index in [0.717, 1.165) is 0 Å². The number of rotatable bonds is 9. The summed E-state index contributed by atoms with van der Waals surface area (Å²) in [6, 6.07) is 13.2. The van der Waals surface area contributed by atoms with E-state index in [2.05, 4.69) is 5.32 Å². The van der Waals surface area contributed by atoms with Crippen LogP contribution in [0.1, 0.15) is 13.3 Å². The van der Waals surface area contributed by atoms with Crippen LogP contribution in [0.5, 0.6) is 11.5 Å². The van der Waals surface area contributed by atoms with Crippen LogP contribution in [-0.4, -0.2) is 39.8 Å². The van der Waals surface area contributed by atoms with Crippen LogP contribution in [0.3, 0.4) is 0 Å². The molecule has 9 heteroatoms. The second-order valence-electron chi connectivity index (χ2n) is 5.82. The van der Waals surface area contributed by atoms with Gasteiger partial charge in [0.2, 0.25) is 5.91 Å². The lowest BCUT2D eigenvalue weighted by atomic mass is 10.2. The van der Waals surface area contributed by atoms with Crippen molar-refractivity contribution >= 4 is 33.8 Å². The molecule has 7 nitrogen and oxygen atoms in total. The highest BCUT2D eigenvalue weighted by Gasteiger charge is 2.17. The van der Waals surface area contributed by atoms with Crippen molar-refractivity contribution in [3.05, 3.63) is 48.5 Å². The molecule has 0 heterocycles. The van der Waals surface area contributed by atoms with Crippen molar-refractivity contribution in [2.75, 3.05) is 24.7 Å². The summed E-state index contributed by atoms with van der Waals surface area (Å²) in [5.41, 5.74) is 6.10. The van der Waals surface area contributed by atoms with Crippen LogP contribution in [0, 0.1) is 0 Å². The molecule has 0 radical (unpaired) electrons. The fourth-order valence-electron chi connectivity index (χ4n) is 2.36. The number of carbonyl (C=O) groups excluding carboxylic acids is 1. The van der Waals surface area contributed by atoms with Crippen LogP contribution < -0.4 is 15.8 Å². The number of anilines is 1. The average Bonchev–Trinajstić information content (AvgIpc) is 2.68. The fourth-order valence-corrected chi connectivity index (χ4v) is 3.38. The van der Waals surface area contributed by atoms with Gasteiger partial charge in [0, 0.05) is 19.3 Å². The van der Waals surface area contributed by atoms with E-state index in [4.69, 9.17) is 15.2 Å². The number of para-hydroxylation sites is 1. The Labute approximate surface area is 171 Å². The first kappa shape index (κ1) is 23.9. The number of sulfone groups is 1. The number of hydrogen-bond acceptors (Lipinski definition) is 6. The highest BCUT2D eigenvalue weighted by Crippen LogP contribution is 2.30. The summed E-state index contributed by atoms with van der Waals surface area (Å²) in [4.78, 5) is 12.1. The van der Waals surface area contributed by atoms with Crippen molar-refractivity contribution in [3.8, 4) is 11.5 Å². The minimum atomic E-state index is -3.39. The van der Waals surface area contributed by atoms with Crippen LogP contribution in [-0.2, 0) is 19.4 Å². The summed E-state index contributed by atoms with van der Waals surface area (Å²) in [6.07, 6.45) is -0.169. The van der Waals surface area contributed by atoms with Gasteiger partial charge < -0.3 is 20.5 Å². The van der Waals surface area contributed by atoms with Crippen molar-refractivity contribution in [2.45, 2.75) is 24.3 Å². The molecule has 0 spiro atoms. The molecule has 0 aliphatic carbocycles. The summed E-state index contributed by atoms with van der Waals surface area (Å²) in [6.45, 7) is 1.85. The smallest absolute Gasteiger partial charge is 0.227 e. The van der Waals surface area contributed by atoms with E-state index >= 15 is 0 Å². The highest BCUT2D eigenvalue weighted by molar-refractivity contribution is 7.91. The molecule has 0 aromatic heterocycles. The Morgan fingerprint density at radius 3 is 2.36 bits per heavy atom. The van der Waals surface area contributed by atoms with Gasteiger partial charge in [-0.2, -0.15) is 0 Å². The van der Waals surface area contributed by atoms with Gasteiger partial charge in [0.15, 0.2) is 9.84 Å². The first-order valence-electron chi connectivity index (χ1n) is 8.52. The molecular weight excluding hydrogens is 404 g/mol. The van der Waals surface area contributed by atoms with Crippen LogP contribution >= 0.6 is 12.4 Å². The van der Waals surface area contributed by atoms with Crippen molar-refractivity contribution in [1.29, 1.82) is 0 Å². The Morgan fingerprint density at radius 2 is 1.79 bits per heavy atom. The van der Waals surface area contributed by atoms with E-state index in [1.165, 1.54) is 13.2 Å². The van der Waals surface area contributed by atoms with Crippen LogP contribution in [0.4, 0.5) is 5.69 Å². The summed E-state index contributed by atoms with van der Waals surface area (Å²) >= 11 is 0. The van der Waals surface area contributed by atoms with Crippen molar-refractivity contribution < 1.29 is 22.7 Å². The summed E-state index contributed by atoms with van der Waals surface area (Å²) in [5.74, 6) is 0.509. The first-order chi connectivity index (χ1) is 12.9. The Hall–Kier alpha value is -2.13. The number of hydrogen-bond donors (Lipinski definition) is 2. The number of nitrogens with two attached hydrogens (primary N) is 1. The molecule has 154 valence electrons. The summed E-state index contributed by atoms with van der Waals surface area (Å²) < 4.78 is 35.2. The molecule has 0 saturated carbocycles. The van der Waals surface area contributed by atoms with Crippen LogP contribution in [0.25, 0.3) is 0 Å². The second kappa shape index (κ2) is 11.0. The van der Waals surface area contributed by atoms with Gasteiger partial charge >= 0.3 is 0 Å². The van der Waals surface area contributed by atoms with Gasteiger partial charge in [0.05, 0.1) is 18.3 Å². The van der Waals surface area contributed by atoms with E-state index in [0.29, 0.717) is 11.4 Å². The molecule has 3 N–H and O–H groups in total. The van der Waals surface area contributed by atoms with Gasteiger partial charge in [0.25, 0.3) is 0 Å². The van der Waals surface area contributed by atoms with Gasteiger partial charge in [0.1, 0.15) is 16.4 Å².